The third-order valence-corrected chi connectivity index (χ3v) is 6.47. The number of hydrogen-bond acceptors (Lipinski definition) is 6. The van der Waals surface area contributed by atoms with Gasteiger partial charge in [0.1, 0.15) is 0 Å². The van der Waals surface area contributed by atoms with Crippen molar-refractivity contribution in [2.45, 2.75) is 19.8 Å². The van der Waals surface area contributed by atoms with Gasteiger partial charge in [0.2, 0.25) is 5.88 Å². The Morgan fingerprint density at radius 3 is 2.55 bits per heavy atom. The maximum Gasteiger partial charge on any atom is 0.255 e. The molecule has 3 heterocycles. The monoisotopic (exact) mass is 442 g/mol. The van der Waals surface area contributed by atoms with Gasteiger partial charge < -0.3 is 10.0 Å². The van der Waals surface area contributed by atoms with Gasteiger partial charge >= 0.3 is 0 Å². The van der Waals surface area contributed by atoms with Crippen LogP contribution in [-0.4, -0.2) is 68.3 Å². The van der Waals surface area contributed by atoms with Crippen LogP contribution in [-0.2, 0) is 0 Å². The first kappa shape index (κ1) is 21.2. The van der Waals surface area contributed by atoms with Gasteiger partial charge in [-0.25, -0.2) is 4.98 Å². The Morgan fingerprint density at radius 2 is 1.91 bits per heavy atom. The van der Waals surface area contributed by atoms with Crippen molar-refractivity contribution in [2.75, 3.05) is 32.7 Å². The molecule has 0 atom stereocenters. The summed E-state index contributed by atoms with van der Waals surface area (Å²) in [7, 11) is 0. The number of pyridine rings is 1. The SMILES string of the molecule is Cc1cc(C#N)ccc1-c1cnn(-c2ccc(C(=O)N3CCN(CC4CC4)CC3)cn2)c1O. The number of carbonyl (C=O) groups is 1. The van der Waals surface area contributed by atoms with Gasteiger partial charge in [0.25, 0.3) is 5.91 Å². The normalized spacial score (nSPS) is 16.5. The molecule has 0 spiro atoms. The number of aromatic hydroxyl groups is 1. The summed E-state index contributed by atoms with van der Waals surface area (Å²) in [5.41, 5.74) is 3.32. The second-order valence-electron chi connectivity index (χ2n) is 8.88. The number of aromatic nitrogens is 3. The standard InChI is InChI=1S/C25H26N6O2/c1-17-12-19(13-26)4-6-21(17)22-15-28-31(25(22)33)23-7-5-20(14-27-23)24(32)30-10-8-29(9-11-30)16-18-2-3-18/h4-7,12,14-15,18,33H,2-3,8-11,16H2,1H3. The molecular formula is C25H26N6O2. The van der Waals surface area contributed by atoms with Crippen molar-refractivity contribution in [3.05, 3.63) is 59.4 Å². The summed E-state index contributed by atoms with van der Waals surface area (Å²) in [5, 5.41) is 24.1. The first-order chi connectivity index (χ1) is 16.0. The van der Waals surface area contributed by atoms with Crippen LogP contribution >= 0.6 is 0 Å². The molecule has 168 valence electrons. The highest BCUT2D eigenvalue weighted by atomic mass is 16.3. The molecule has 1 aliphatic heterocycles. The number of benzene rings is 1. The molecule has 1 saturated carbocycles. The summed E-state index contributed by atoms with van der Waals surface area (Å²) in [6.07, 6.45) is 5.81. The van der Waals surface area contributed by atoms with Crippen LogP contribution in [0.15, 0.2) is 42.7 Å². The fraction of sp³-hybridized carbons (Fsp3) is 0.360. The highest BCUT2D eigenvalue weighted by molar-refractivity contribution is 5.94. The predicted octanol–water partition coefficient (Wildman–Crippen LogP) is 2.99. The van der Waals surface area contributed by atoms with E-state index in [0.29, 0.717) is 22.5 Å². The molecule has 2 aliphatic rings. The van der Waals surface area contributed by atoms with E-state index in [2.05, 4.69) is 21.1 Å². The number of carbonyl (C=O) groups excluding carboxylic acids is 1. The molecule has 3 aromatic rings. The van der Waals surface area contributed by atoms with Crippen LogP contribution in [0, 0.1) is 24.2 Å². The number of nitrogens with zero attached hydrogens (tertiary/aromatic N) is 6. The highest BCUT2D eigenvalue weighted by Crippen LogP contribution is 2.33. The van der Waals surface area contributed by atoms with E-state index < -0.39 is 0 Å². The van der Waals surface area contributed by atoms with Crippen molar-refractivity contribution in [3.63, 3.8) is 0 Å². The second-order valence-corrected chi connectivity index (χ2v) is 8.88. The Kier molecular flexibility index (Phi) is 5.56. The molecule has 2 aromatic heterocycles. The van der Waals surface area contributed by atoms with E-state index in [-0.39, 0.29) is 11.8 Å². The quantitative estimate of drug-likeness (QED) is 0.652. The van der Waals surface area contributed by atoms with E-state index in [1.165, 1.54) is 17.5 Å². The summed E-state index contributed by atoms with van der Waals surface area (Å²) in [6, 6.07) is 10.8. The zero-order valence-electron chi connectivity index (χ0n) is 18.6. The molecular weight excluding hydrogens is 416 g/mol. The van der Waals surface area contributed by atoms with E-state index in [9.17, 15) is 9.90 Å². The summed E-state index contributed by atoms with van der Waals surface area (Å²) in [4.78, 5) is 21.6. The first-order valence-electron chi connectivity index (χ1n) is 11.3. The average molecular weight is 443 g/mol. The third kappa shape index (κ3) is 4.32. The Labute approximate surface area is 192 Å². The minimum atomic E-state index is -0.0406. The molecule has 8 heteroatoms. The van der Waals surface area contributed by atoms with Crippen molar-refractivity contribution in [1.29, 1.82) is 5.26 Å². The summed E-state index contributed by atoms with van der Waals surface area (Å²) >= 11 is 0. The maximum atomic E-state index is 12.9. The van der Waals surface area contributed by atoms with Crippen molar-refractivity contribution < 1.29 is 9.90 Å². The van der Waals surface area contributed by atoms with Gasteiger partial charge in [-0.1, -0.05) is 6.07 Å². The van der Waals surface area contributed by atoms with E-state index in [1.807, 2.05) is 11.8 Å². The Hall–Kier alpha value is -3.70. The lowest BCUT2D eigenvalue weighted by Crippen LogP contribution is -2.49. The molecule has 2 fully saturated rings. The molecule has 33 heavy (non-hydrogen) atoms. The minimum Gasteiger partial charge on any atom is -0.493 e. The number of piperazine rings is 1. The van der Waals surface area contributed by atoms with Gasteiger partial charge in [-0.2, -0.15) is 15.0 Å². The number of hydrogen-bond donors (Lipinski definition) is 1. The van der Waals surface area contributed by atoms with Crippen LogP contribution in [0.5, 0.6) is 5.88 Å². The third-order valence-electron chi connectivity index (χ3n) is 6.47. The number of amides is 1. The summed E-state index contributed by atoms with van der Waals surface area (Å²) < 4.78 is 1.35. The molecule has 8 nitrogen and oxygen atoms in total. The molecule has 5 rings (SSSR count). The van der Waals surface area contributed by atoms with Crippen LogP contribution in [0.1, 0.15) is 34.3 Å². The van der Waals surface area contributed by atoms with Gasteiger partial charge in [0.05, 0.1) is 29.0 Å². The van der Waals surface area contributed by atoms with Gasteiger partial charge in [0.15, 0.2) is 5.82 Å². The predicted molar refractivity (Wildman–Crippen MR) is 123 cm³/mol. The van der Waals surface area contributed by atoms with Crippen molar-refractivity contribution in [2.24, 2.45) is 5.92 Å². The second kappa shape index (κ2) is 8.68. The fourth-order valence-corrected chi connectivity index (χ4v) is 4.35. The summed E-state index contributed by atoms with van der Waals surface area (Å²) in [6.45, 7) is 6.37. The van der Waals surface area contributed by atoms with Gasteiger partial charge in [-0.15, -0.1) is 0 Å². The van der Waals surface area contributed by atoms with E-state index in [4.69, 9.17) is 5.26 Å². The highest BCUT2D eigenvalue weighted by Gasteiger charge is 2.28. The van der Waals surface area contributed by atoms with Crippen molar-refractivity contribution in [1.82, 2.24) is 24.6 Å². The Balaban J connectivity index is 1.29. The van der Waals surface area contributed by atoms with Gasteiger partial charge in [-0.3, -0.25) is 9.69 Å². The minimum absolute atomic E-state index is 0.0151. The largest absolute Gasteiger partial charge is 0.493 e. The molecule has 1 amide bonds. The van der Waals surface area contributed by atoms with Crippen LogP contribution in [0.25, 0.3) is 16.9 Å². The summed E-state index contributed by atoms with van der Waals surface area (Å²) in [5.74, 6) is 1.24. The van der Waals surface area contributed by atoms with E-state index >= 15 is 0 Å². The molecule has 1 aromatic carbocycles. The van der Waals surface area contributed by atoms with Crippen LogP contribution in [0.2, 0.25) is 0 Å². The lowest BCUT2D eigenvalue weighted by atomic mass is 10.0. The van der Waals surface area contributed by atoms with Crippen LogP contribution in [0.3, 0.4) is 0 Å². The topological polar surface area (TPSA) is 98.3 Å². The molecule has 0 bridgehead atoms. The molecule has 0 unspecified atom stereocenters. The Morgan fingerprint density at radius 1 is 1.12 bits per heavy atom. The zero-order valence-corrected chi connectivity index (χ0v) is 18.6. The first-order valence-corrected chi connectivity index (χ1v) is 11.3. The lowest BCUT2D eigenvalue weighted by molar-refractivity contribution is 0.0631. The van der Waals surface area contributed by atoms with Crippen molar-refractivity contribution in [3.8, 4) is 28.9 Å². The van der Waals surface area contributed by atoms with Crippen molar-refractivity contribution >= 4 is 5.91 Å². The number of rotatable bonds is 5. The maximum absolute atomic E-state index is 12.9. The van der Waals surface area contributed by atoms with Gasteiger partial charge in [0, 0.05) is 38.9 Å². The lowest BCUT2D eigenvalue weighted by Gasteiger charge is -2.34. The molecule has 1 N–H and O–H groups in total. The van der Waals surface area contributed by atoms with Crippen LogP contribution in [0.4, 0.5) is 0 Å². The smallest absolute Gasteiger partial charge is 0.255 e. The number of nitriles is 1. The molecule has 1 saturated heterocycles. The Bertz CT molecular complexity index is 1210. The average Bonchev–Trinajstić information content (AvgIpc) is 3.58. The van der Waals surface area contributed by atoms with Crippen LogP contribution < -0.4 is 0 Å². The molecule has 1 aliphatic carbocycles. The fourth-order valence-electron chi connectivity index (χ4n) is 4.35. The number of aryl methyl sites for hydroxylation is 1. The zero-order chi connectivity index (χ0) is 22.9. The molecule has 0 radical (unpaired) electrons. The van der Waals surface area contributed by atoms with Gasteiger partial charge in [-0.05, 0) is 61.1 Å². The van der Waals surface area contributed by atoms with E-state index in [0.717, 1.165) is 49.8 Å². The van der Waals surface area contributed by atoms with E-state index in [1.54, 1.807) is 42.7 Å².